The van der Waals surface area contributed by atoms with Crippen molar-refractivity contribution in [3.05, 3.63) is 28.0 Å². The number of carbonyl (C=O) groups excluding carboxylic acids is 2. The Hall–Kier alpha value is -1.37. The molecule has 0 aliphatic rings. The molecule has 98 valence electrons. The van der Waals surface area contributed by atoms with E-state index in [1.807, 2.05) is 0 Å². The second-order valence-electron chi connectivity index (χ2n) is 3.22. The summed E-state index contributed by atoms with van der Waals surface area (Å²) in [7, 11) is 1.15. The van der Waals surface area contributed by atoms with Gasteiger partial charge in [0.05, 0.1) is 24.3 Å². The van der Waals surface area contributed by atoms with E-state index in [1.165, 1.54) is 12.3 Å². The SMILES string of the molecule is COC(=O)C(CO)NC(=O)c1cc(Cl)ncc1Cl. The molecule has 0 spiro atoms. The minimum Gasteiger partial charge on any atom is -0.467 e. The zero-order chi connectivity index (χ0) is 13.7. The highest BCUT2D eigenvalue weighted by atomic mass is 35.5. The normalized spacial score (nSPS) is 11.8. The molecule has 1 aromatic rings. The van der Waals surface area contributed by atoms with Crippen molar-refractivity contribution in [1.82, 2.24) is 10.3 Å². The molecule has 0 aliphatic heterocycles. The first-order valence-corrected chi connectivity index (χ1v) is 5.55. The van der Waals surface area contributed by atoms with E-state index < -0.39 is 24.5 Å². The Balaban J connectivity index is 2.87. The van der Waals surface area contributed by atoms with Gasteiger partial charge in [-0.25, -0.2) is 9.78 Å². The third kappa shape index (κ3) is 3.56. The fraction of sp³-hybridized carbons (Fsp3) is 0.300. The van der Waals surface area contributed by atoms with Gasteiger partial charge in [0.1, 0.15) is 5.15 Å². The lowest BCUT2D eigenvalue weighted by atomic mass is 10.2. The molecule has 1 heterocycles. The van der Waals surface area contributed by atoms with Gasteiger partial charge < -0.3 is 15.2 Å². The molecule has 6 nitrogen and oxygen atoms in total. The number of esters is 1. The molecular formula is C10H10Cl2N2O4. The number of amides is 1. The van der Waals surface area contributed by atoms with Crippen LogP contribution in [0.25, 0.3) is 0 Å². The number of aliphatic hydroxyl groups excluding tert-OH is 1. The Bertz CT molecular complexity index is 467. The lowest BCUT2D eigenvalue weighted by Gasteiger charge is -2.14. The first-order chi connectivity index (χ1) is 8.49. The summed E-state index contributed by atoms with van der Waals surface area (Å²) in [6, 6.07) is 0.0933. The largest absolute Gasteiger partial charge is 0.467 e. The number of rotatable bonds is 4. The second-order valence-corrected chi connectivity index (χ2v) is 4.01. The monoisotopic (exact) mass is 292 g/mol. The van der Waals surface area contributed by atoms with Crippen molar-refractivity contribution < 1.29 is 19.4 Å². The lowest BCUT2D eigenvalue weighted by molar-refractivity contribution is -0.143. The zero-order valence-corrected chi connectivity index (χ0v) is 10.8. The number of hydrogen-bond donors (Lipinski definition) is 2. The summed E-state index contributed by atoms with van der Waals surface area (Å²) in [6.45, 7) is -0.588. The molecule has 18 heavy (non-hydrogen) atoms. The Morgan fingerprint density at radius 1 is 1.56 bits per heavy atom. The summed E-state index contributed by atoms with van der Waals surface area (Å²) in [6.07, 6.45) is 1.21. The van der Waals surface area contributed by atoms with Gasteiger partial charge >= 0.3 is 5.97 Å². The van der Waals surface area contributed by atoms with E-state index in [0.717, 1.165) is 7.11 Å². The molecule has 0 aromatic carbocycles. The molecule has 8 heteroatoms. The number of carbonyl (C=O) groups is 2. The Kier molecular flexibility index (Phi) is 5.33. The van der Waals surface area contributed by atoms with Crippen LogP contribution >= 0.6 is 23.2 Å². The van der Waals surface area contributed by atoms with Crippen molar-refractivity contribution in [3.63, 3.8) is 0 Å². The first kappa shape index (κ1) is 14.7. The molecular weight excluding hydrogens is 283 g/mol. The average molecular weight is 293 g/mol. The van der Waals surface area contributed by atoms with Crippen LogP contribution in [0.2, 0.25) is 10.2 Å². The van der Waals surface area contributed by atoms with E-state index in [2.05, 4.69) is 15.0 Å². The van der Waals surface area contributed by atoms with Crippen LogP contribution < -0.4 is 5.32 Å². The van der Waals surface area contributed by atoms with Crippen LogP contribution in [-0.2, 0) is 9.53 Å². The highest BCUT2D eigenvalue weighted by Crippen LogP contribution is 2.18. The lowest BCUT2D eigenvalue weighted by Crippen LogP contribution is -2.44. The molecule has 0 saturated carbocycles. The summed E-state index contributed by atoms with van der Waals surface area (Å²) in [4.78, 5) is 26.7. The van der Waals surface area contributed by atoms with Crippen LogP contribution in [0.4, 0.5) is 0 Å². The van der Waals surface area contributed by atoms with E-state index in [1.54, 1.807) is 0 Å². The highest BCUT2D eigenvalue weighted by Gasteiger charge is 2.22. The van der Waals surface area contributed by atoms with Crippen LogP contribution in [0.5, 0.6) is 0 Å². The molecule has 1 aromatic heterocycles. The minimum absolute atomic E-state index is 0.0546. The van der Waals surface area contributed by atoms with Crippen LogP contribution in [0.1, 0.15) is 10.4 Å². The molecule has 0 aliphatic carbocycles. The van der Waals surface area contributed by atoms with Crippen molar-refractivity contribution in [3.8, 4) is 0 Å². The number of methoxy groups -OCH3 is 1. The average Bonchev–Trinajstić information content (AvgIpc) is 2.37. The number of aromatic nitrogens is 1. The Morgan fingerprint density at radius 3 is 2.78 bits per heavy atom. The van der Waals surface area contributed by atoms with Gasteiger partial charge in [-0.15, -0.1) is 0 Å². The number of halogens is 2. The van der Waals surface area contributed by atoms with E-state index in [0.29, 0.717) is 0 Å². The fourth-order valence-corrected chi connectivity index (χ4v) is 1.49. The zero-order valence-electron chi connectivity index (χ0n) is 9.31. The van der Waals surface area contributed by atoms with Crippen LogP contribution in [0.3, 0.4) is 0 Å². The maximum Gasteiger partial charge on any atom is 0.330 e. The van der Waals surface area contributed by atoms with E-state index in [4.69, 9.17) is 28.3 Å². The smallest absolute Gasteiger partial charge is 0.330 e. The van der Waals surface area contributed by atoms with Gasteiger partial charge in [0, 0.05) is 6.20 Å². The van der Waals surface area contributed by atoms with Gasteiger partial charge in [0.15, 0.2) is 6.04 Å². The van der Waals surface area contributed by atoms with Crippen LogP contribution in [0.15, 0.2) is 12.3 Å². The maximum atomic E-state index is 11.8. The summed E-state index contributed by atoms with van der Waals surface area (Å²) < 4.78 is 4.41. The van der Waals surface area contributed by atoms with Gasteiger partial charge in [-0.05, 0) is 6.07 Å². The highest BCUT2D eigenvalue weighted by molar-refractivity contribution is 6.35. The molecule has 1 atom stereocenters. The Labute approximate surface area is 113 Å². The van der Waals surface area contributed by atoms with Gasteiger partial charge in [-0.1, -0.05) is 23.2 Å². The third-order valence-corrected chi connectivity index (χ3v) is 2.55. The van der Waals surface area contributed by atoms with Gasteiger partial charge in [-0.3, -0.25) is 4.79 Å². The third-order valence-electron chi connectivity index (χ3n) is 2.04. The number of hydrogen-bond acceptors (Lipinski definition) is 5. The maximum absolute atomic E-state index is 11.8. The molecule has 1 amide bonds. The summed E-state index contributed by atoms with van der Waals surface area (Å²) in [5.74, 6) is -1.42. The molecule has 1 rings (SSSR count). The van der Waals surface area contributed by atoms with Crippen LogP contribution in [-0.4, -0.2) is 41.7 Å². The number of ether oxygens (including phenoxy) is 1. The summed E-state index contributed by atoms with van der Waals surface area (Å²) in [5, 5.41) is 11.4. The molecule has 0 fully saturated rings. The predicted molar refractivity (Wildman–Crippen MR) is 64.6 cm³/mol. The van der Waals surface area contributed by atoms with Crippen molar-refractivity contribution in [2.75, 3.05) is 13.7 Å². The van der Waals surface area contributed by atoms with Gasteiger partial charge in [-0.2, -0.15) is 0 Å². The number of pyridine rings is 1. The van der Waals surface area contributed by atoms with Crippen molar-refractivity contribution >= 4 is 35.1 Å². The second kappa shape index (κ2) is 6.53. The van der Waals surface area contributed by atoms with Gasteiger partial charge in [0.25, 0.3) is 5.91 Å². The van der Waals surface area contributed by atoms with Crippen molar-refractivity contribution in [2.24, 2.45) is 0 Å². The van der Waals surface area contributed by atoms with Crippen molar-refractivity contribution in [2.45, 2.75) is 6.04 Å². The number of aliphatic hydroxyl groups is 1. The molecule has 0 radical (unpaired) electrons. The molecule has 2 N–H and O–H groups in total. The van der Waals surface area contributed by atoms with E-state index >= 15 is 0 Å². The standard InChI is InChI=1S/C10H10Cl2N2O4/c1-18-10(17)7(4-15)14-9(16)5-2-8(12)13-3-6(5)11/h2-3,7,15H,4H2,1H3,(H,14,16). The van der Waals surface area contributed by atoms with Gasteiger partial charge in [0.2, 0.25) is 0 Å². The summed E-state index contributed by atoms with van der Waals surface area (Å²) in [5.41, 5.74) is 0.0546. The van der Waals surface area contributed by atoms with Crippen molar-refractivity contribution in [1.29, 1.82) is 0 Å². The van der Waals surface area contributed by atoms with Crippen LogP contribution in [0, 0.1) is 0 Å². The molecule has 0 saturated heterocycles. The fourth-order valence-electron chi connectivity index (χ4n) is 1.14. The number of nitrogens with zero attached hydrogens (tertiary/aromatic N) is 1. The molecule has 0 bridgehead atoms. The summed E-state index contributed by atoms with van der Waals surface area (Å²) >= 11 is 11.4. The number of nitrogens with one attached hydrogen (secondary N) is 1. The van der Waals surface area contributed by atoms with E-state index in [9.17, 15) is 9.59 Å². The predicted octanol–water partition coefficient (Wildman–Crippen LogP) is 0.652. The molecule has 1 unspecified atom stereocenters. The Morgan fingerprint density at radius 2 is 2.22 bits per heavy atom. The quantitative estimate of drug-likeness (QED) is 0.628. The topological polar surface area (TPSA) is 88.5 Å². The van der Waals surface area contributed by atoms with E-state index in [-0.39, 0.29) is 15.7 Å². The first-order valence-electron chi connectivity index (χ1n) is 4.80. The minimum atomic E-state index is -1.16.